The van der Waals surface area contributed by atoms with Crippen molar-refractivity contribution in [1.29, 1.82) is 0 Å². The van der Waals surface area contributed by atoms with Gasteiger partial charge in [0.05, 0.1) is 16.4 Å². The Bertz CT molecular complexity index is 3400. The minimum atomic E-state index is 0.588. The number of hydrogen-bond acceptors (Lipinski definition) is 5. The van der Waals surface area contributed by atoms with Gasteiger partial charge in [-0.3, -0.25) is 4.57 Å². The zero-order valence-electron chi connectivity index (χ0n) is 26.3. The first-order chi connectivity index (χ1) is 24.8. The fourth-order valence-electron chi connectivity index (χ4n) is 8.00. The molecular formula is C44H23N3O3. The predicted octanol–water partition coefficient (Wildman–Crippen LogP) is 12.1. The van der Waals surface area contributed by atoms with Crippen LogP contribution in [0.25, 0.3) is 116 Å². The molecule has 0 N–H and O–H groups in total. The molecule has 0 fully saturated rings. The van der Waals surface area contributed by atoms with Crippen LogP contribution in [0.3, 0.4) is 0 Å². The topological polar surface area (TPSA) is 70.1 Å². The van der Waals surface area contributed by atoms with E-state index in [-0.39, 0.29) is 0 Å². The lowest BCUT2D eigenvalue weighted by Gasteiger charge is -2.11. The second-order valence-corrected chi connectivity index (χ2v) is 12.9. The highest BCUT2D eigenvalue weighted by Crippen LogP contribution is 2.42. The molecule has 0 saturated heterocycles. The first-order valence-electron chi connectivity index (χ1n) is 16.7. The van der Waals surface area contributed by atoms with E-state index in [2.05, 4.69) is 95.6 Å². The van der Waals surface area contributed by atoms with E-state index in [0.717, 1.165) is 104 Å². The molecule has 232 valence electrons. The summed E-state index contributed by atoms with van der Waals surface area (Å²) in [5.74, 6) is 0.588. The zero-order chi connectivity index (χ0) is 32.5. The van der Waals surface area contributed by atoms with Crippen molar-refractivity contribution in [3.63, 3.8) is 0 Å². The minimum absolute atomic E-state index is 0.588. The van der Waals surface area contributed by atoms with Crippen molar-refractivity contribution in [2.24, 2.45) is 0 Å². The van der Waals surface area contributed by atoms with E-state index in [1.54, 1.807) is 0 Å². The summed E-state index contributed by atoms with van der Waals surface area (Å²) in [6.45, 7) is 0. The molecule has 12 rings (SSSR count). The van der Waals surface area contributed by atoms with Gasteiger partial charge in [-0.1, -0.05) is 84.9 Å². The Morgan fingerprint density at radius 2 is 1.12 bits per heavy atom. The second kappa shape index (κ2) is 9.36. The van der Waals surface area contributed by atoms with Crippen LogP contribution in [-0.4, -0.2) is 14.5 Å². The minimum Gasteiger partial charge on any atom is -0.456 e. The number of hydrogen-bond donors (Lipinski definition) is 0. The van der Waals surface area contributed by atoms with Gasteiger partial charge in [0, 0.05) is 43.3 Å². The summed E-state index contributed by atoms with van der Waals surface area (Å²) in [4.78, 5) is 10.7. The van der Waals surface area contributed by atoms with Gasteiger partial charge in [0.1, 0.15) is 39.1 Å². The number of rotatable bonds is 2. The maximum atomic E-state index is 6.56. The van der Waals surface area contributed by atoms with Crippen LogP contribution in [0.5, 0.6) is 0 Å². The molecule has 0 spiro atoms. The number of furan rings is 3. The number of benzene rings is 7. The Kier molecular flexibility index (Phi) is 4.89. The quantitative estimate of drug-likeness (QED) is 0.188. The van der Waals surface area contributed by atoms with Gasteiger partial charge in [0.15, 0.2) is 5.58 Å². The third kappa shape index (κ3) is 3.36. The van der Waals surface area contributed by atoms with Crippen LogP contribution in [0, 0.1) is 0 Å². The second-order valence-electron chi connectivity index (χ2n) is 12.9. The molecule has 0 aliphatic carbocycles. The van der Waals surface area contributed by atoms with Crippen molar-refractivity contribution in [3.05, 3.63) is 140 Å². The molecule has 0 unspecified atom stereocenters. The van der Waals surface area contributed by atoms with E-state index in [1.807, 2.05) is 48.5 Å². The fraction of sp³-hybridized carbons (Fsp3) is 0. The Balaban J connectivity index is 1.19. The standard InChI is InChI=1S/C44H23N3O3/c1-2-10-26-24(9-1)17-19-28-27-11-3-6-14-33(27)47(41(26)28)44-45-39(43-40(46-44)31-13-5-8-16-35(31)50-43)25-18-21-36-32(23-25)29-20-22-37-38(42(29)49-36)30-12-4-7-15-34(30)48-37/h1-23H. The summed E-state index contributed by atoms with van der Waals surface area (Å²) in [5.41, 5.74) is 9.21. The van der Waals surface area contributed by atoms with E-state index < -0.39 is 0 Å². The molecular weight excluding hydrogens is 619 g/mol. The summed E-state index contributed by atoms with van der Waals surface area (Å²) < 4.78 is 21.5. The lowest BCUT2D eigenvalue weighted by molar-refractivity contribution is 0.662. The van der Waals surface area contributed by atoms with Crippen LogP contribution in [0.2, 0.25) is 0 Å². The summed E-state index contributed by atoms with van der Waals surface area (Å²) >= 11 is 0. The third-order valence-corrected chi connectivity index (χ3v) is 10.2. The number of para-hydroxylation sites is 3. The zero-order valence-corrected chi connectivity index (χ0v) is 26.3. The summed E-state index contributed by atoms with van der Waals surface area (Å²) in [6, 6.07) is 47.9. The van der Waals surface area contributed by atoms with E-state index >= 15 is 0 Å². The first kappa shape index (κ1) is 26.1. The van der Waals surface area contributed by atoms with Gasteiger partial charge in [-0.2, -0.15) is 0 Å². The highest BCUT2D eigenvalue weighted by Gasteiger charge is 2.23. The number of fused-ring (bicyclic) bond motifs is 15. The maximum Gasteiger partial charge on any atom is 0.236 e. The van der Waals surface area contributed by atoms with Crippen LogP contribution in [-0.2, 0) is 0 Å². The van der Waals surface area contributed by atoms with Crippen molar-refractivity contribution in [2.45, 2.75) is 0 Å². The Hall–Kier alpha value is -6.92. The van der Waals surface area contributed by atoms with E-state index in [1.165, 1.54) is 0 Å². The lowest BCUT2D eigenvalue weighted by atomic mass is 10.0. The van der Waals surface area contributed by atoms with Gasteiger partial charge < -0.3 is 13.3 Å². The van der Waals surface area contributed by atoms with Crippen LogP contribution < -0.4 is 0 Å². The molecule has 5 heterocycles. The van der Waals surface area contributed by atoms with Gasteiger partial charge in [0.2, 0.25) is 5.95 Å². The molecule has 0 atom stereocenters. The molecule has 0 aliphatic heterocycles. The Morgan fingerprint density at radius 3 is 2.02 bits per heavy atom. The molecule has 0 saturated carbocycles. The largest absolute Gasteiger partial charge is 0.456 e. The third-order valence-electron chi connectivity index (χ3n) is 10.2. The maximum absolute atomic E-state index is 6.56. The van der Waals surface area contributed by atoms with Gasteiger partial charge in [-0.25, -0.2) is 9.97 Å². The van der Waals surface area contributed by atoms with Gasteiger partial charge in [0.25, 0.3) is 0 Å². The molecule has 6 nitrogen and oxygen atoms in total. The van der Waals surface area contributed by atoms with Crippen LogP contribution in [0.1, 0.15) is 0 Å². The average Bonchev–Trinajstić information content (AvgIpc) is 3.93. The Morgan fingerprint density at radius 1 is 0.440 bits per heavy atom. The van der Waals surface area contributed by atoms with Crippen molar-refractivity contribution in [3.8, 4) is 17.2 Å². The summed E-state index contributed by atoms with van der Waals surface area (Å²) in [5, 5.41) is 9.60. The highest BCUT2D eigenvalue weighted by molar-refractivity contribution is 6.22. The molecule has 7 aromatic carbocycles. The normalized spacial score (nSPS) is 12.4. The molecule has 12 aromatic rings. The molecule has 5 aromatic heterocycles. The van der Waals surface area contributed by atoms with Gasteiger partial charge >= 0.3 is 0 Å². The number of aromatic nitrogens is 3. The van der Waals surface area contributed by atoms with E-state index in [4.69, 9.17) is 23.2 Å². The first-order valence-corrected chi connectivity index (χ1v) is 16.7. The Labute approximate surface area is 282 Å². The molecule has 0 aliphatic rings. The molecule has 50 heavy (non-hydrogen) atoms. The van der Waals surface area contributed by atoms with Crippen LogP contribution in [0.4, 0.5) is 0 Å². The van der Waals surface area contributed by atoms with Gasteiger partial charge in [-0.15, -0.1) is 0 Å². The highest BCUT2D eigenvalue weighted by atomic mass is 16.3. The number of nitrogens with zero attached hydrogens (tertiary/aromatic N) is 3. The van der Waals surface area contributed by atoms with Crippen molar-refractivity contribution >= 4 is 98.5 Å². The fourth-order valence-corrected chi connectivity index (χ4v) is 8.00. The summed E-state index contributed by atoms with van der Waals surface area (Å²) in [7, 11) is 0. The molecule has 0 radical (unpaired) electrons. The average molecular weight is 642 g/mol. The van der Waals surface area contributed by atoms with Crippen molar-refractivity contribution in [1.82, 2.24) is 14.5 Å². The summed E-state index contributed by atoms with van der Waals surface area (Å²) in [6.07, 6.45) is 0. The monoisotopic (exact) mass is 641 g/mol. The van der Waals surface area contributed by atoms with Crippen molar-refractivity contribution in [2.75, 3.05) is 0 Å². The van der Waals surface area contributed by atoms with E-state index in [9.17, 15) is 0 Å². The molecule has 0 bridgehead atoms. The smallest absolute Gasteiger partial charge is 0.236 e. The van der Waals surface area contributed by atoms with Gasteiger partial charge in [-0.05, 0) is 60.0 Å². The molecule has 0 amide bonds. The van der Waals surface area contributed by atoms with Crippen LogP contribution >= 0.6 is 0 Å². The van der Waals surface area contributed by atoms with Crippen molar-refractivity contribution < 1.29 is 13.3 Å². The lowest BCUT2D eigenvalue weighted by Crippen LogP contribution is -2.03. The predicted molar refractivity (Wildman–Crippen MR) is 201 cm³/mol. The van der Waals surface area contributed by atoms with Crippen LogP contribution in [0.15, 0.2) is 153 Å². The SMILES string of the molecule is c1ccc2c(c1)ccc1c3ccccc3n(-c3nc(-c4ccc5oc6c(ccc7oc8ccccc8c76)c5c4)c4oc5ccccc5c4n3)c21. The van der Waals surface area contributed by atoms with E-state index in [0.29, 0.717) is 11.5 Å². The molecule has 6 heteroatoms.